The van der Waals surface area contributed by atoms with Gasteiger partial charge < -0.3 is 10.0 Å². The fourth-order valence-corrected chi connectivity index (χ4v) is 3.18. The number of nitrogens with zero attached hydrogens (tertiary/aromatic N) is 1. The average molecular weight is 307 g/mol. The normalized spacial score (nSPS) is 18.1. The quantitative estimate of drug-likeness (QED) is 0.926. The summed E-state index contributed by atoms with van der Waals surface area (Å²) in [5.74, 6) is 0.229. The van der Waals surface area contributed by atoms with E-state index in [0.717, 1.165) is 11.1 Å². The lowest BCUT2D eigenvalue weighted by Gasteiger charge is -2.28. The second kappa shape index (κ2) is 6.29. The molecule has 0 spiro atoms. The molecule has 3 nitrogen and oxygen atoms in total. The summed E-state index contributed by atoms with van der Waals surface area (Å²) in [7, 11) is 0. The summed E-state index contributed by atoms with van der Waals surface area (Å²) in [6.45, 7) is 4.56. The summed E-state index contributed by atoms with van der Waals surface area (Å²) in [5, 5.41) is 10.7. The van der Waals surface area contributed by atoms with Crippen molar-refractivity contribution in [2.45, 2.75) is 26.4 Å². The highest BCUT2D eigenvalue weighted by Gasteiger charge is 2.41. The van der Waals surface area contributed by atoms with Crippen molar-refractivity contribution in [3.8, 4) is 0 Å². The van der Waals surface area contributed by atoms with E-state index >= 15 is 0 Å². The molecule has 0 bridgehead atoms. The Morgan fingerprint density at radius 1 is 1.00 bits per heavy atom. The highest BCUT2D eigenvalue weighted by atomic mass is 16.3. The van der Waals surface area contributed by atoms with Gasteiger partial charge in [-0.25, -0.2) is 0 Å². The van der Waals surface area contributed by atoms with E-state index in [2.05, 4.69) is 0 Å². The lowest BCUT2D eigenvalue weighted by atomic mass is 9.99. The third kappa shape index (κ3) is 2.87. The minimum Gasteiger partial charge on any atom is -0.509 e. The Labute approximate surface area is 136 Å². The molecule has 1 unspecified atom stereocenters. The number of hydrogen-bond donors (Lipinski definition) is 1. The first-order valence-corrected chi connectivity index (χ1v) is 7.93. The molecule has 2 aromatic rings. The predicted octanol–water partition coefficient (Wildman–Crippen LogP) is 4.02. The highest BCUT2D eigenvalue weighted by molar-refractivity contribution is 6.22. The number of benzene rings is 2. The largest absolute Gasteiger partial charge is 0.509 e. The number of carbonyl (C=O) groups excluding carboxylic acids is 1. The van der Waals surface area contributed by atoms with Gasteiger partial charge in [0.05, 0.1) is 11.6 Å². The molecular weight excluding hydrogens is 286 g/mol. The van der Waals surface area contributed by atoms with Gasteiger partial charge in [-0.2, -0.15) is 0 Å². The van der Waals surface area contributed by atoms with Crippen LogP contribution in [-0.4, -0.2) is 22.0 Å². The van der Waals surface area contributed by atoms with E-state index in [1.807, 2.05) is 74.5 Å². The first kappa shape index (κ1) is 15.3. The second-order valence-corrected chi connectivity index (χ2v) is 6.23. The molecule has 1 amide bonds. The van der Waals surface area contributed by atoms with Crippen LogP contribution < -0.4 is 0 Å². The van der Waals surface area contributed by atoms with Gasteiger partial charge >= 0.3 is 0 Å². The van der Waals surface area contributed by atoms with Crippen LogP contribution >= 0.6 is 0 Å². The Balaban J connectivity index is 1.98. The summed E-state index contributed by atoms with van der Waals surface area (Å²) in [6, 6.07) is 19.0. The third-order valence-electron chi connectivity index (χ3n) is 4.24. The second-order valence-electron chi connectivity index (χ2n) is 6.23. The molecule has 1 N–H and O–H groups in total. The number of amides is 1. The van der Waals surface area contributed by atoms with Crippen LogP contribution in [0.5, 0.6) is 0 Å². The Bertz CT molecular complexity index is 720. The maximum absolute atomic E-state index is 12.9. The third-order valence-corrected chi connectivity index (χ3v) is 4.24. The lowest BCUT2D eigenvalue weighted by Crippen LogP contribution is -2.38. The highest BCUT2D eigenvalue weighted by Crippen LogP contribution is 2.35. The van der Waals surface area contributed by atoms with Crippen LogP contribution in [0.4, 0.5) is 0 Å². The summed E-state index contributed by atoms with van der Waals surface area (Å²) < 4.78 is 0. The first-order chi connectivity index (χ1) is 11.1. The van der Waals surface area contributed by atoms with E-state index in [1.54, 1.807) is 4.90 Å². The van der Waals surface area contributed by atoms with Gasteiger partial charge in [-0.05, 0) is 17.0 Å². The number of hydrogen-bond acceptors (Lipinski definition) is 2. The molecule has 1 aliphatic heterocycles. The fourth-order valence-electron chi connectivity index (χ4n) is 3.18. The summed E-state index contributed by atoms with van der Waals surface area (Å²) in [5.41, 5.74) is 2.27. The predicted molar refractivity (Wildman–Crippen MR) is 91.6 cm³/mol. The zero-order valence-corrected chi connectivity index (χ0v) is 13.4. The summed E-state index contributed by atoms with van der Waals surface area (Å²) >= 11 is 0. The maximum Gasteiger partial charge on any atom is 0.258 e. The van der Waals surface area contributed by atoms with Gasteiger partial charge in [0.25, 0.3) is 5.91 Å². The van der Waals surface area contributed by atoms with Gasteiger partial charge in [-0.1, -0.05) is 74.5 Å². The monoisotopic (exact) mass is 307 g/mol. The Hall–Kier alpha value is -2.55. The Morgan fingerprint density at radius 3 is 2.13 bits per heavy atom. The van der Waals surface area contributed by atoms with Crippen molar-refractivity contribution in [2.24, 2.45) is 5.92 Å². The fraction of sp³-hybridized carbons (Fsp3) is 0.250. The zero-order valence-electron chi connectivity index (χ0n) is 13.4. The van der Waals surface area contributed by atoms with E-state index in [4.69, 9.17) is 0 Å². The van der Waals surface area contributed by atoms with Crippen molar-refractivity contribution in [3.63, 3.8) is 0 Å². The molecule has 0 aromatic heterocycles. The molecule has 23 heavy (non-hydrogen) atoms. The molecule has 0 radical (unpaired) electrons. The number of rotatable bonds is 4. The number of carbonyl (C=O) groups is 1. The topological polar surface area (TPSA) is 40.5 Å². The van der Waals surface area contributed by atoms with Crippen LogP contribution in [0.15, 0.2) is 66.4 Å². The van der Waals surface area contributed by atoms with Gasteiger partial charge in [0.1, 0.15) is 5.76 Å². The molecule has 0 aliphatic carbocycles. The van der Waals surface area contributed by atoms with Crippen molar-refractivity contribution in [1.82, 2.24) is 4.90 Å². The first-order valence-electron chi connectivity index (χ1n) is 7.93. The maximum atomic E-state index is 12.9. The molecule has 0 saturated heterocycles. The number of aliphatic hydroxyl groups excluding tert-OH is 1. The smallest absolute Gasteiger partial charge is 0.258 e. The van der Waals surface area contributed by atoms with Crippen molar-refractivity contribution in [3.05, 3.63) is 77.5 Å². The minimum absolute atomic E-state index is 0.101. The van der Waals surface area contributed by atoms with Crippen LogP contribution in [-0.2, 0) is 11.3 Å². The summed E-state index contributed by atoms with van der Waals surface area (Å²) in [6.07, 6.45) is 0. The molecule has 3 rings (SSSR count). The molecule has 1 aliphatic rings. The van der Waals surface area contributed by atoms with Crippen LogP contribution in [0.1, 0.15) is 25.0 Å². The molecule has 0 fully saturated rings. The van der Waals surface area contributed by atoms with Gasteiger partial charge in [0, 0.05) is 6.54 Å². The average Bonchev–Trinajstić information content (AvgIpc) is 2.80. The van der Waals surface area contributed by atoms with Gasteiger partial charge in [-0.3, -0.25) is 4.79 Å². The van der Waals surface area contributed by atoms with Crippen LogP contribution in [0.2, 0.25) is 0 Å². The van der Waals surface area contributed by atoms with E-state index < -0.39 is 0 Å². The van der Waals surface area contributed by atoms with Gasteiger partial charge in [0.2, 0.25) is 0 Å². The van der Waals surface area contributed by atoms with Crippen LogP contribution in [0.3, 0.4) is 0 Å². The van der Waals surface area contributed by atoms with E-state index in [-0.39, 0.29) is 23.6 Å². The van der Waals surface area contributed by atoms with Gasteiger partial charge in [-0.15, -0.1) is 0 Å². The van der Waals surface area contributed by atoms with Crippen LogP contribution in [0, 0.1) is 5.92 Å². The standard InChI is InChI=1S/C20H21NO2/c1-14(2)18-19(22)17(16-11-7-4-8-12-16)20(23)21(18)13-15-9-5-3-6-10-15/h3-12,14,18,22H,13H2,1-2H3. The molecule has 3 heteroatoms. The minimum atomic E-state index is -0.280. The molecule has 118 valence electrons. The lowest BCUT2D eigenvalue weighted by molar-refractivity contribution is -0.126. The molecule has 1 heterocycles. The van der Waals surface area contributed by atoms with Crippen LogP contribution in [0.25, 0.3) is 5.57 Å². The van der Waals surface area contributed by atoms with Crippen molar-refractivity contribution in [1.29, 1.82) is 0 Å². The van der Waals surface area contributed by atoms with E-state index in [1.165, 1.54) is 0 Å². The molecular formula is C20H21NO2. The van der Waals surface area contributed by atoms with Crippen molar-refractivity contribution in [2.75, 3.05) is 0 Å². The molecule has 0 saturated carbocycles. The number of aliphatic hydroxyl groups is 1. The SMILES string of the molecule is CC(C)C1C(O)=C(c2ccccc2)C(=O)N1Cc1ccccc1. The van der Waals surface area contributed by atoms with E-state index in [9.17, 15) is 9.90 Å². The van der Waals surface area contributed by atoms with E-state index in [0.29, 0.717) is 12.1 Å². The zero-order chi connectivity index (χ0) is 16.4. The Kier molecular flexibility index (Phi) is 4.20. The summed E-state index contributed by atoms with van der Waals surface area (Å²) in [4.78, 5) is 14.7. The molecule has 1 atom stereocenters. The van der Waals surface area contributed by atoms with Gasteiger partial charge in [0.15, 0.2) is 0 Å². The molecule has 2 aromatic carbocycles. The van der Waals surface area contributed by atoms with Crippen molar-refractivity contribution < 1.29 is 9.90 Å². The van der Waals surface area contributed by atoms with Crippen molar-refractivity contribution >= 4 is 11.5 Å². The Morgan fingerprint density at radius 2 is 1.57 bits per heavy atom.